The molecule has 0 radical (unpaired) electrons. The third kappa shape index (κ3) is 2.72. The Morgan fingerprint density at radius 2 is 1.82 bits per heavy atom. The highest BCUT2D eigenvalue weighted by Gasteiger charge is 2.39. The summed E-state index contributed by atoms with van der Waals surface area (Å²) in [6, 6.07) is 6.60. The first-order valence-corrected chi connectivity index (χ1v) is 8.15. The van der Waals surface area contributed by atoms with E-state index in [-0.39, 0.29) is 17.6 Å². The molecule has 1 aliphatic carbocycles. The van der Waals surface area contributed by atoms with Crippen molar-refractivity contribution >= 4 is 11.6 Å². The smallest absolute Gasteiger partial charge is 0.269 e. The molecule has 3 atom stereocenters. The normalized spacial score (nSPS) is 28.0. The number of benzene rings is 1. The van der Waals surface area contributed by atoms with E-state index in [4.69, 9.17) is 0 Å². The van der Waals surface area contributed by atoms with Crippen molar-refractivity contribution < 1.29 is 9.72 Å². The third-order valence-corrected chi connectivity index (χ3v) is 5.22. The lowest BCUT2D eigenvalue weighted by atomic mass is 9.76. The minimum atomic E-state index is -0.436. The van der Waals surface area contributed by atoms with Crippen molar-refractivity contribution in [2.45, 2.75) is 57.5 Å². The van der Waals surface area contributed by atoms with Crippen molar-refractivity contribution in [3.05, 3.63) is 39.9 Å². The van der Waals surface area contributed by atoms with Gasteiger partial charge in [-0.25, -0.2) is 0 Å². The van der Waals surface area contributed by atoms with Gasteiger partial charge in [0.05, 0.1) is 4.92 Å². The molecule has 1 saturated heterocycles. The Kier molecular flexibility index (Phi) is 4.14. The summed E-state index contributed by atoms with van der Waals surface area (Å²) in [5, 5.41) is 10.7. The number of nitro groups is 1. The molecule has 2 fully saturated rings. The van der Waals surface area contributed by atoms with E-state index in [1.807, 2.05) is 0 Å². The average Bonchev–Trinajstić information content (AvgIpc) is 2.54. The lowest BCUT2D eigenvalue weighted by Gasteiger charge is -2.47. The summed E-state index contributed by atoms with van der Waals surface area (Å²) in [7, 11) is 0. The number of nitrogens with zero attached hydrogens (tertiary/aromatic N) is 2. The van der Waals surface area contributed by atoms with Gasteiger partial charge in [0.25, 0.3) is 11.6 Å². The summed E-state index contributed by atoms with van der Waals surface area (Å²) in [5.74, 6) is 0.658. The first kappa shape index (κ1) is 15.0. The van der Waals surface area contributed by atoms with Crippen LogP contribution in [0.3, 0.4) is 0 Å². The minimum absolute atomic E-state index is 0.0267. The van der Waals surface area contributed by atoms with Crippen LogP contribution in [0.25, 0.3) is 0 Å². The average molecular weight is 302 g/mol. The second-order valence-electron chi connectivity index (χ2n) is 6.55. The van der Waals surface area contributed by atoms with Crippen LogP contribution in [0.2, 0.25) is 0 Å². The molecule has 1 aromatic rings. The Morgan fingerprint density at radius 1 is 1.14 bits per heavy atom. The van der Waals surface area contributed by atoms with E-state index in [0.29, 0.717) is 17.5 Å². The molecule has 5 nitrogen and oxygen atoms in total. The molecule has 22 heavy (non-hydrogen) atoms. The molecule has 1 amide bonds. The lowest BCUT2D eigenvalue weighted by Crippen LogP contribution is -2.53. The molecule has 0 aromatic heterocycles. The van der Waals surface area contributed by atoms with Gasteiger partial charge < -0.3 is 4.90 Å². The summed E-state index contributed by atoms with van der Waals surface area (Å²) < 4.78 is 0. The molecule has 3 rings (SSSR count). The van der Waals surface area contributed by atoms with Crippen LogP contribution in [-0.2, 0) is 0 Å². The Morgan fingerprint density at radius 3 is 2.50 bits per heavy atom. The van der Waals surface area contributed by atoms with Crippen LogP contribution in [0.5, 0.6) is 0 Å². The van der Waals surface area contributed by atoms with Gasteiger partial charge in [-0.05, 0) is 50.7 Å². The quantitative estimate of drug-likeness (QED) is 0.617. The number of hydrogen-bond acceptors (Lipinski definition) is 3. The highest BCUT2D eigenvalue weighted by atomic mass is 16.6. The van der Waals surface area contributed by atoms with Gasteiger partial charge in [0.2, 0.25) is 0 Å². The standard InChI is InChI=1S/C17H22N2O3/c1-12-6-7-13-4-2-3-5-16(13)18(12)17(20)14-8-10-15(11-9-14)19(21)22/h8-13,16H,2-7H2,1H3/t12-,13-,16-/m0/s1. The zero-order chi connectivity index (χ0) is 15.7. The van der Waals surface area contributed by atoms with Crippen LogP contribution in [0.15, 0.2) is 24.3 Å². The molecule has 1 aromatic carbocycles. The van der Waals surface area contributed by atoms with E-state index in [0.717, 1.165) is 12.8 Å². The van der Waals surface area contributed by atoms with Gasteiger partial charge in [0.15, 0.2) is 0 Å². The van der Waals surface area contributed by atoms with Crippen molar-refractivity contribution in [2.75, 3.05) is 0 Å². The summed E-state index contributed by atoms with van der Waals surface area (Å²) >= 11 is 0. The molecule has 2 aliphatic rings. The van der Waals surface area contributed by atoms with Gasteiger partial charge in [-0.2, -0.15) is 0 Å². The molecule has 1 heterocycles. The van der Waals surface area contributed by atoms with Gasteiger partial charge in [-0.15, -0.1) is 0 Å². The van der Waals surface area contributed by atoms with Crippen LogP contribution >= 0.6 is 0 Å². The van der Waals surface area contributed by atoms with Gasteiger partial charge in [-0.3, -0.25) is 14.9 Å². The molecule has 0 N–H and O–H groups in total. The van der Waals surface area contributed by atoms with Crippen LogP contribution in [0.1, 0.15) is 55.8 Å². The second kappa shape index (κ2) is 6.07. The van der Waals surface area contributed by atoms with E-state index < -0.39 is 4.92 Å². The number of carbonyl (C=O) groups excluding carboxylic acids is 1. The van der Waals surface area contributed by atoms with Crippen molar-refractivity contribution in [1.82, 2.24) is 4.90 Å². The zero-order valence-corrected chi connectivity index (χ0v) is 12.9. The Balaban J connectivity index is 1.83. The number of piperidine rings is 1. The molecule has 0 spiro atoms. The predicted octanol–water partition coefficient (Wildman–Crippen LogP) is 3.78. The van der Waals surface area contributed by atoms with E-state index in [1.165, 1.54) is 37.8 Å². The summed E-state index contributed by atoms with van der Waals surface area (Å²) in [5.41, 5.74) is 0.586. The van der Waals surface area contributed by atoms with E-state index in [9.17, 15) is 14.9 Å². The topological polar surface area (TPSA) is 63.5 Å². The highest BCUT2D eigenvalue weighted by molar-refractivity contribution is 5.95. The SMILES string of the molecule is C[C@H]1CC[C@@H]2CCCC[C@@H]2N1C(=O)c1ccc([N+](=O)[O-])cc1. The first-order chi connectivity index (χ1) is 10.6. The minimum Gasteiger partial charge on any atom is -0.333 e. The second-order valence-corrected chi connectivity index (χ2v) is 6.55. The summed E-state index contributed by atoms with van der Waals surface area (Å²) in [6.07, 6.45) is 7.05. The number of hydrogen-bond donors (Lipinski definition) is 0. The summed E-state index contributed by atoms with van der Waals surface area (Å²) in [6.45, 7) is 2.12. The fourth-order valence-corrected chi connectivity index (χ4v) is 4.04. The van der Waals surface area contributed by atoms with Crippen LogP contribution < -0.4 is 0 Å². The Hall–Kier alpha value is -1.91. The maximum absolute atomic E-state index is 12.9. The first-order valence-electron chi connectivity index (χ1n) is 8.15. The predicted molar refractivity (Wildman–Crippen MR) is 83.7 cm³/mol. The van der Waals surface area contributed by atoms with Gasteiger partial charge >= 0.3 is 0 Å². The van der Waals surface area contributed by atoms with E-state index >= 15 is 0 Å². The molecule has 0 unspecified atom stereocenters. The maximum Gasteiger partial charge on any atom is 0.269 e. The largest absolute Gasteiger partial charge is 0.333 e. The maximum atomic E-state index is 12.9. The van der Waals surface area contributed by atoms with Crippen molar-refractivity contribution in [3.8, 4) is 0 Å². The number of nitro benzene ring substituents is 1. The Labute approximate surface area is 130 Å². The van der Waals surface area contributed by atoms with E-state index in [1.54, 1.807) is 12.1 Å². The molecule has 118 valence electrons. The van der Waals surface area contributed by atoms with Crippen LogP contribution in [0, 0.1) is 16.0 Å². The molecule has 0 bridgehead atoms. The van der Waals surface area contributed by atoms with Crippen molar-refractivity contribution in [1.29, 1.82) is 0 Å². The fraction of sp³-hybridized carbons (Fsp3) is 0.588. The number of rotatable bonds is 2. The molecule has 1 saturated carbocycles. The lowest BCUT2D eigenvalue weighted by molar-refractivity contribution is -0.384. The van der Waals surface area contributed by atoms with Gasteiger partial charge in [0, 0.05) is 29.8 Å². The van der Waals surface area contributed by atoms with Crippen molar-refractivity contribution in [3.63, 3.8) is 0 Å². The number of fused-ring (bicyclic) bond motifs is 1. The molecular weight excluding hydrogens is 280 g/mol. The van der Waals surface area contributed by atoms with Crippen molar-refractivity contribution in [2.24, 2.45) is 5.92 Å². The molecular formula is C17H22N2O3. The number of amides is 1. The van der Waals surface area contributed by atoms with Gasteiger partial charge in [-0.1, -0.05) is 12.8 Å². The van der Waals surface area contributed by atoms with Gasteiger partial charge in [0.1, 0.15) is 0 Å². The number of likely N-dealkylation sites (tertiary alicyclic amines) is 1. The van der Waals surface area contributed by atoms with Crippen LogP contribution in [-0.4, -0.2) is 27.8 Å². The number of non-ortho nitro benzene ring substituents is 1. The third-order valence-electron chi connectivity index (χ3n) is 5.22. The fourth-order valence-electron chi connectivity index (χ4n) is 4.04. The summed E-state index contributed by atoms with van der Waals surface area (Å²) in [4.78, 5) is 25.3. The highest BCUT2D eigenvalue weighted by Crippen LogP contribution is 2.38. The monoisotopic (exact) mass is 302 g/mol. The van der Waals surface area contributed by atoms with E-state index in [2.05, 4.69) is 11.8 Å². The Bertz CT molecular complexity index is 570. The molecule has 5 heteroatoms. The molecule has 1 aliphatic heterocycles. The zero-order valence-electron chi connectivity index (χ0n) is 12.9. The number of carbonyl (C=O) groups is 1. The van der Waals surface area contributed by atoms with Crippen LogP contribution in [0.4, 0.5) is 5.69 Å².